The Hall–Kier alpha value is -1.18. The van der Waals surface area contributed by atoms with Crippen molar-refractivity contribution in [3.63, 3.8) is 0 Å². The van der Waals surface area contributed by atoms with Gasteiger partial charge in [0.1, 0.15) is 5.82 Å². The SMILES string of the molecule is COCCNC(=O)c1cc2c(Br)ccc(Br)c2nc1N. The number of anilines is 1. The molecule has 7 heteroatoms. The number of methoxy groups -OCH3 is 1. The van der Waals surface area contributed by atoms with Gasteiger partial charge in [-0.3, -0.25) is 4.79 Å². The number of amides is 1. The summed E-state index contributed by atoms with van der Waals surface area (Å²) in [5.74, 6) is -0.0629. The predicted octanol–water partition coefficient (Wildman–Crippen LogP) is 2.72. The predicted molar refractivity (Wildman–Crippen MR) is 85.8 cm³/mol. The van der Waals surface area contributed by atoms with Crippen LogP contribution in [-0.4, -0.2) is 31.2 Å². The number of carbonyl (C=O) groups is 1. The van der Waals surface area contributed by atoms with Gasteiger partial charge in [0.2, 0.25) is 0 Å². The van der Waals surface area contributed by atoms with Gasteiger partial charge in [0.15, 0.2) is 0 Å². The second-order valence-corrected chi connectivity index (χ2v) is 5.80. The maximum atomic E-state index is 12.1. The van der Waals surface area contributed by atoms with Crippen LogP contribution in [-0.2, 0) is 4.74 Å². The molecule has 0 aliphatic rings. The fraction of sp³-hybridized carbons (Fsp3) is 0.231. The summed E-state index contributed by atoms with van der Waals surface area (Å²) in [5.41, 5.74) is 6.94. The molecule has 2 rings (SSSR count). The Morgan fingerprint density at radius 2 is 2.10 bits per heavy atom. The van der Waals surface area contributed by atoms with Gasteiger partial charge in [-0.15, -0.1) is 0 Å². The summed E-state index contributed by atoms with van der Waals surface area (Å²) in [4.78, 5) is 16.4. The van der Waals surface area contributed by atoms with Gasteiger partial charge in [-0.2, -0.15) is 0 Å². The van der Waals surface area contributed by atoms with Crippen LogP contribution in [0.3, 0.4) is 0 Å². The molecule has 20 heavy (non-hydrogen) atoms. The van der Waals surface area contributed by atoms with E-state index >= 15 is 0 Å². The van der Waals surface area contributed by atoms with Crippen molar-refractivity contribution in [1.82, 2.24) is 10.3 Å². The molecule has 0 fully saturated rings. The molecule has 5 nitrogen and oxygen atoms in total. The van der Waals surface area contributed by atoms with Gasteiger partial charge >= 0.3 is 0 Å². The van der Waals surface area contributed by atoms with E-state index in [0.717, 1.165) is 14.3 Å². The largest absolute Gasteiger partial charge is 0.383 e. The van der Waals surface area contributed by atoms with Crippen LogP contribution in [0.4, 0.5) is 5.82 Å². The minimum atomic E-state index is -0.263. The Morgan fingerprint density at radius 3 is 2.80 bits per heavy atom. The molecular weight excluding hydrogens is 390 g/mol. The number of hydrogen-bond acceptors (Lipinski definition) is 4. The first-order valence-corrected chi connectivity index (χ1v) is 7.44. The van der Waals surface area contributed by atoms with E-state index in [2.05, 4.69) is 42.2 Å². The first-order chi connectivity index (χ1) is 9.54. The van der Waals surface area contributed by atoms with Crippen LogP contribution in [0.15, 0.2) is 27.1 Å². The first kappa shape index (κ1) is 15.2. The third-order valence-corrected chi connectivity index (χ3v) is 4.08. The van der Waals surface area contributed by atoms with E-state index in [-0.39, 0.29) is 11.7 Å². The standard InChI is InChI=1S/C13H13Br2N3O2/c1-20-5-4-17-13(19)8-6-7-9(14)2-3-10(15)11(7)18-12(8)16/h2-3,6H,4-5H2,1H3,(H2,16,18)(H,17,19). The number of pyridine rings is 1. The molecule has 0 atom stereocenters. The Labute approximate surface area is 133 Å². The molecule has 1 aromatic heterocycles. The zero-order valence-corrected chi connectivity index (χ0v) is 13.9. The quantitative estimate of drug-likeness (QED) is 0.770. The number of benzene rings is 1. The highest BCUT2D eigenvalue weighted by Gasteiger charge is 2.14. The van der Waals surface area contributed by atoms with Crippen molar-refractivity contribution < 1.29 is 9.53 Å². The van der Waals surface area contributed by atoms with Gasteiger partial charge in [-0.05, 0) is 34.1 Å². The van der Waals surface area contributed by atoms with Crippen LogP contribution in [0.2, 0.25) is 0 Å². The van der Waals surface area contributed by atoms with Crippen molar-refractivity contribution in [2.24, 2.45) is 0 Å². The van der Waals surface area contributed by atoms with Crippen LogP contribution in [0, 0.1) is 0 Å². The number of nitrogens with one attached hydrogen (secondary N) is 1. The van der Waals surface area contributed by atoms with Crippen LogP contribution >= 0.6 is 31.9 Å². The summed E-state index contributed by atoms with van der Waals surface area (Å²) in [6.07, 6.45) is 0. The van der Waals surface area contributed by atoms with E-state index in [4.69, 9.17) is 10.5 Å². The average molecular weight is 403 g/mol. The van der Waals surface area contributed by atoms with Gasteiger partial charge in [0.25, 0.3) is 5.91 Å². The van der Waals surface area contributed by atoms with E-state index in [9.17, 15) is 4.79 Å². The molecule has 0 unspecified atom stereocenters. The molecule has 0 aliphatic heterocycles. The monoisotopic (exact) mass is 401 g/mol. The second-order valence-electron chi connectivity index (χ2n) is 4.10. The lowest BCUT2D eigenvalue weighted by Gasteiger charge is -2.10. The first-order valence-electron chi connectivity index (χ1n) is 5.86. The van der Waals surface area contributed by atoms with Crippen molar-refractivity contribution in [2.45, 2.75) is 0 Å². The lowest BCUT2D eigenvalue weighted by atomic mass is 10.1. The van der Waals surface area contributed by atoms with E-state index in [1.807, 2.05) is 12.1 Å². The number of nitrogens with zero attached hydrogens (tertiary/aromatic N) is 1. The van der Waals surface area contributed by atoms with Gasteiger partial charge in [-0.1, -0.05) is 15.9 Å². The molecule has 0 saturated heterocycles. The molecule has 0 bridgehead atoms. The molecule has 0 aliphatic carbocycles. The normalized spacial score (nSPS) is 10.8. The van der Waals surface area contributed by atoms with Gasteiger partial charge < -0.3 is 15.8 Å². The lowest BCUT2D eigenvalue weighted by Crippen LogP contribution is -2.27. The molecule has 1 amide bonds. The van der Waals surface area contributed by atoms with Crippen molar-refractivity contribution in [3.8, 4) is 0 Å². The number of rotatable bonds is 4. The third kappa shape index (κ3) is 3.11. The summed E-state index contributed by atoms with van der Waals surface area (Å²) >= 11 is 6.87. The van der Waals surface area contributed by atoms with Crippen LogP contribution < -0.4 is 11.1 Å². The minimum Gasteiger partial charge on any atom is -0.383 e. The van der Waals surface area contributed by atoms with Crippen molar-refractivity contribution in [1.29, 1.82) is 0 Å². The zero-order valence-electron chi connectivity index (χ0n) is 10.7. The highest BCUT2D eigenvalue weighted by Crippen LogP contribution is 2.31. The number of fused-ring (bicyclic) bond motifs is 1. The number of aromatic nitrogens is 1. The van der Waals surface area contributed by atoms with Crippen molar-refractivity contribution >= 4 is 54.5 Å². The minimum absolute atomic E-state index is 0.200. The average Bonchev–Trinajstić information content (AvgIpc) is 2.43. The highest BCUT2D eigenvalue weighted by molar-refractivity contribution is 9.11. The van der Waals surface area contributed by atoms with E-state index in [0.29, 0.717) is 24.2 Å². The van der Waals surface area contributed by atoms with Crippen LogP contribution in [0.25, 0.3) is 10.9 Å². The van der Waals surface area contributed by atoms with Crippen molar-refractivity contribution in [2.75, 3.05) is 26.0 Å². The van der Waals surface area contributed by atoms with Gasteiger partial charge in [0.05, 0.1) is 17.7 Å². The molecular formula is C13H13Br2N3O2. The van der Waals surface area contributed by atoms with E-state index in [1.165, 1.54) is 0 Å². The second kappa shape index (κ2) is 6.51. The Bertz CT molecular complexity index is 662. The Kier molecular flexibility index (Phi) is 4.95. The maximum Gasteiger partial charge on any atom is 0.255 e. The van der Waals surface area contributed by atoms with Gasteiger partial charge in [-0.25, -0.2) is 4.98 Å². The summed E-state index contributed by atoms with van der Waals surface area (Å²) in [6.45, 7) is 0.869. The maximum absolute atomic E-state index is 12.1. The summed E-state index contributed by atoms with van der Waals surface area (Å²) in [7, 11) is 1.58. The third-order valence-electron chi connectivity index (χ3n) is 2.75. The fourth-order valence-electron chi connectivity index (χ4n) is 1.75. The fourth-order valence-corrected chi connectivity index (χ4v) is 2.62. The molecule has 1 aromatic carbocycles. The number of nitrogen functional groups attached to an aromatic ring is 1. The molecule has 0 saturated carbocycles. The highest BCUT2D eigenvalue weighted by atomic mass is 79.9. The molecule has 106 valence electrons. The summed E-state index contributed by atoms with van der Waals surface area (Å²) < 4.78 is 6.57. The number of ether oxygens (including phenoxy) is 1. The number of carbonyl (C=O) groups excluding carboxylic acids is 1. The Morgan fingerprint density at radius 1 is 1.40 bits per heavy atom. The smallest absolute Gasteiger partial charge is 0.255 e. The molecule has 3 N–H and O–H groups in total. The van der Waals surface area contributed by atoms with Crippen molar-refractivity contribution in [3.05, 3.63) is 32.7 Å². The number of halogens is 2. The molecule has 1 heterocycles. The molecule has 0 radical (unpaired) electrons. The molecule has 0 spiro atoms. The van der Waals surface area contributed by atoms with Crippen LogP contribution in [0.1, 0.15) is 10.4 Å². The van der Waals surface area contributed by atoms with E-state index < -0.39 is 0 Å². The molecule has 2 aromatic rings. The Balaban J connectivity index is 2.42. The zero-order chi connectivity index (χ0) is 14.7. The topological polar surface area (TPSA) is 77.2 Å². The van der Waals surface area contributed by atoms with Crippen LogP contribution in [0.5, 0.6) is 0 Å². The lowest BCUT2D eigenvalue weighted by molar-refractivity contribution is 0.0938. The summed E-state index contributed by atoms with van der Waals surface area (Å²) in [5, 5.41) is 3.55. The number of nitrogens with two attached hydrogens (primary N) is 1. The van der Waals surface area contributed by atoms with Gasteiger partial charge in [0, 0.05) is 28.0 Å². The summed E-state index contributed by atoms with van der Waals surface area (Å²) in [6, 6.07) is 5.49. The number of hydrogen-bond donors (Lipinski definition) is 2. The van der Waals surface area contributed by atoms with E-state index in [1.54, 1.807) is 13.2 Å².